The largest absolute Gasteiger partial charge is 0.462 e. The van der Waals surface area contributed by atoms with Crippen LogP contribution in [0.3, 0.4) is 0 Å². The number of hydrogen-bond donors (Lipinski definition) is 0. The number of ether oxygens (including phenoxy) is 3. The minimum absolute atomic E-state index is 0.0782. The zero-order valence-corrected chi connectivity index (χ0v) is 47.2. The Labute approximate surface area is 440 Å². The maximum absolute atomic E-state index is 12.9. The number of hydrogen-bond acceptors (Lipinski definition) is 6. The number of allylic oxidation sites excluding steroid dienone is 10. The van der Waals surface area contributed by atoms with Crippen molar-refractivity contribution in [2.45, 2.75) is 322 Å². The van der Waals surface area contributed by atoms with Crippen LogP contribution in [0.25, 0.3) is 0 Å². The van der Waals surface area contributed by atoms with Gasteiger partial charge in [0, 0.05) is 19.3 Å². The summed E-state index contributed by atoms with van der Waals surface area (Å²) in [5, 5.41) is 0. The molecular formula is C65H116O6. The highest BCUT2D eigenvalue weighted by Crippen LogP contribution is 2.16. The molecule has 0 aliphatic heterocycles. The van der Waals surface area contributed by atoms with Crippen molar-refractivity contribution in [2.75, 3.05) is 13.2 Å². The molecule has 0 amide bonds. The van der Waals surface area contributed by atoms with Gasteiger partial charge in [0.25, 0.3) is 0 Å². The van der Waals surface area contributed by atoms with E-state index in [4.69, 9.17) is 14.2 Å². The Balaban J connectivity index is 4.29. The van der Waals surface area contributed by atoms with Crippen molar-refractivity contribution in [1.29, 1.82) is 0 Å². The van der Waals surface area contributed by atoms with E-state index in [-0.39, 0.29) is 31.1 Å². The highest BCUT2D eigenvalue weighted by molar-refractivity contribution is 5.71. The second kappa shape index (κ2) is 59.7. The van der Waals surface area contributed by atoms with Gasteiger partial charge in [-0.25, -0.2) is 0 Å². The summed E-state index contributed by atoms with van der Waals surface area (Å²) in [6.07, 6.45) is 75.0. The molecule has 412 valence electrons. The van der Waals surface area contributed by atoms with Crippen LogP contribution >= 0.6 is 0 Å². The van der Waals surface area contributed by atoms with Crippen molar-refractivity contribution in [2.24, 2.45) is 0 Å². The van der Waals surface area contributed by atoms with E-state index in [2.05, 4.69) is 81.5 Å². The van der Waals surface area contributed by atoms with Crippen LogP contribution in [0.15, 0.2) is 60.8 Å². The highest BCUT2D eigenvalue weighted by atomic mass is 16.6. The molecule has 0 aliphatic carbocycles. The first-order chi connectivity index (χ1) is 35.0. The summed E-state index contributed by atoms with van der Waals surface area (Å²) in [4.78, 5) is 38.2. The Hall–Kier alpha value is -2.89. The maximum atomic E-state index is 12.9. The van der Waals surface area contributed by atoms with Crippen molar-refractivity contribution < 1.29 is 28.6 Å². The molecule has 0 fully saturated rings. The van der Waals surface area contributed by atoms with E-state index in [1.807, 2.05) is 0 Å². The normalized spacial score (nSPS) is 12.4. The molecule has 6 heteroatoms. The highest BCUT2D eigenvalue weighted by Gasteiger charge is 2.19. The number of carbonyl (C=O) groups excluding carboxylic acids is 3. The van der Waals surface area contributed by atoms with Gasteiger partial charge in [-0.2, -0.15) is 0 Å². The van der Waals surface area contributed by atoms with Gasteiger partial charge in [0.2, 0.25) is 0 Å². The number of carbonyl (C=O) groups is 3. The Bertz CT molecular complexity index is 1280. The van der Waals surface area contributed by atoms with Crippen LogP contribution in [0.1, 0.15) is 316 Å². The maximum Gasteiger partial charge on any atom is 0.306 e. The van der Waals surface area contributed by atoms with Crippen LogP contribution < -0.4 is 0 Å². The molecular weight excluding hydrogens is 877 g/mol. The molecule has 1 unspecified atom stereocenters. The molecule has 0 spiro atoms. The molecule has 6 nitrogen and oxygen atoms in total. The van der Waals surface area contributed by atoms with Crippen molar-refractivity contribution in [3.05, 3.63) is 60.8 Å². The van der Waals surface area contributed by atoms with E-state index in [0.717, 1.165) is 96.3 Å². The Morgan fingerprint density at radius 3 is 0.831 bits per heavy atom. The summed E-state index contributed by atoms with van der Waals surface area (Å²) in [6, 6.07) is 0. The summed E-state index contributed by atoms with van der Waals surface area (Å²) in [6.45, 7) is 6.61. The fourth-order valence-corrected chi connectivity index (χ4v) is 8.82. The minimum atomic E-state index is -0.781. The third-order valence-corrected chi connectivity index (χ3v) is 13.5. The van der Waals surface area contributed by atoms with Crippen LogP contribution in [0, 0.1) is 0 Å². The van der Waals surface area contributed by atoms with Gasteiger partial charge >= 0.3 is 17.9 Å². The zero-order chi connectivity index (χ0) is 51.4. The topological polar surface area (TPSA) is 78.9 Å². The predicted octanol–water partition coefficient (Wildman–Crippen LogP) is 20.8. The van der Waals surface area contributed by atoms with Gasteiger partial charge < -0.3 is 14.2 Å². The molecule has 0 N–H and O–H groups in total. The summed E-state index contributed by atoms with van der Waals surface area (Å²) < 4.78 is 16.9. The van der Waals surface area contributed by atoms with E-state index in [1.54, 1.807) is 0 Å². The molecule has 0 aromatic carbocycles. The lowest BCUT2D eigenvalue weighted by molar-refractivity contribution is -0.167. The Morgan fingerprint density at radius 1 is 0.282 bits per heavy atom. The second-order valence-corrected chi connectivity index (χ2v) is 20.6. The van der Waals surface area contributed by atoms with Gasteiger partial charge in [-0.3, -0.25) is 14.4 Å². The summed E-state index contributed by atoms with van der Waals surface area (Å²) in [5.74, 6) is -0.882. The van der Waals surface area contributed by atoms with E-state index < -0.39 is 6.10 Å². The van der Waals surface area contributed by atoms with E-state index >= 15 is 0 Å². The van der Waals surface area contributed by atoms with Gasteiger partial charge in [-0.1, -0.05) is 274 Å². The molecule has 0 radical (unpaired) electrons. The van der Waals surface area contributed by atoms with Crippen LogP contribution in [0.5, 0.6) is 0 Å². The Morgan fingerprint density at radius 2 is 0.521 bits per heavy atom. The van der Waals surface area contributed by atoms with Crippen molar-refractivity contribution in [3.8, 4) is 0 Å². The summed E-state index contributed by atoms with van der Waals surface area (Å²) in [5.41, 5.74) is 0. The standard InChI is InChI=1S/C65H116O6/c1-4-7-10-13-16-19-22-25-28-29-30-31-32-33-34-35-36-37-38-41-43-46-49-52-55-58-64(67)70-61-62(71-65(68)59-56-53-50-47-44-40-27-24-21-18-15-12-9-6-3)60-69-63(66)57-54-51-48-45-42-39-26-23-20-17-14-11-8-5-2/h15,18,22,24-25,27,29-30,32-33,62H,4-14,16-17,19-21,23,26,28,31,34-61H2,1-3H3/b18-15-,25-22-,27-24-,30-29-,33-32-. The third kappa shape index (κ3) is 57.9. The lowest BCUT2D eigenvalue weighted by Crippen LogP contribution is -2.30. The fourth-order valence-electron chi connectivity index (χ4n) is 8.82. The SMILES string of the molecule is CCCC/C=C\C/C=C\CCCCCCCC(=O)OC(COC(=O)CCCCCCCCCCCC/C=C\C/C=C\C/C=C\CCCCCCC)COC(=O)CCCCCCCCCCCCCCCC. The lowest BCUT2D eigenvalue weighted by atomic mass is 10.0. The van der Waals surface area contributed by atoms with Crippen LogP contribution in [-0.4, -0.2) is 37.2 Å². The van der Waals surface area contributed by atoms with Crippen molar-refractivity contribution in [1.82, 2.24) is 0 Å². The molecule has 0 aliphatic rings. The lowest BCUT2D eigenvalue weighted by Gasteiger charge is -2.18. The predicted molar refractivity (Wildman–Crippen MR) is 307 cm³/mol. The molecule has 0 saturated heterocycles. The molecule has 0 aromatic rings. The first-order valence-electron chi connectivity index (χ1n) is 30.8. The first-order valence-corrected chi connectivity index (χ1v) is 30.8. The smallest absolute Gasteiger partial charge is 0.306 e. The first kappa shape index (κ1) is 68.1. The van der Waals surface area contributed by atoms with E-state index in [0.29, 0.717) is 19.3 Å². The second-order valence-electron chi connectivity index (χ2n) is 20.6. The molecule has 0 bridgehead atoms. The third-order valence-electron chi connectivity index (χ3n) is 13.5. The summed E-state index contributed by atoms with van der Waals surface area (Å²) in [7, 11) is 0. The van der Waals surface area contributed by atoms with Gasteiger partial charge in [0.15, 0.2) is 6.10 Å². The number of unbranched alkanes of at least 4 members (excludes halogenated alkanes) is 35. The molecule has 0 aromatic heterocycles. The molecule has 0 heterocycles. The van der Waals surface area contributed by atoms with Crippen molar-refractivity contribution >= 4 is 17.9 Å². The molecule has 0 rings (SSSR count). The number of rotatable bonds is 56. The Kier molecular flexibility index (Phi) is 57.2. The molecule has 1 atom stereocenters. The van der Waals surface area contributed by atoms with Crippen molar-refractivity contribution in [3.63, 3.8) is 0 Å². The minimum Gasteiger partial charge on any atom is -0.462 e. The zero-order valence-electron chi connectivity index (χ0n) is 47.2. The quantitative estimate of drug-likeness (QED) is 0.0261. The van der Waals surface area contributed by atoms with Crippen LogP contribution in [-0.2, 0) is 28.6 Å². The summed E-state index contributed by atoms with van der Waals surface area (Å²) >= 11 is 0. The molecule has 71 heavy (non-hydrogen) atoms. The fraction of sp³-hybridized carbons (Fsp3) is 0.800. The van der Waals surface area contributed by atoms with Gasteiger partial charge in [-0.15, -0.1) is 0 Å². The van der Waals surface area contributed by atoms with Gasteiger partial charge in [0.05, 0.1) is 0 Å². The van der Waals surface area contributed by atoms with Gasteiger partial charge in [0.1, 0.15) is 13.2 Å². The average Bonchev–Trinajstić information content (AvgIpc) is 3.37. The van der Waals surface area contributed by atoms with Gasteiger partial charge in [-0.05, 0) is 83.5 Å². The average molecular weight is 994 g/mol. The van der Waals surface area contributed by atoms with E-state index in [9.17, 15) is 14.4 Å². The van der Waals surface area contributed by atoms with Crippen LogP contribution in [0.2, 0.25) is 0 Å². The molecule has 0 saturated carbocycles. The van der Waals surface area contributed by atoms with Crippen LogP contribution in [0.4, 0.5) is 0 Å². The van der Waals surface area contributed by atoms with E-state index in [1.165, 1.54) is 180 Å². The number of esters is 3. The monoisotopic (exact) mass is 993 g/mol.